The number of alkyl halides is 1. The average molecular weight is 423 g/mol. The quantitative estimate of drug-likeness (QED) is 0.448. The van der Waals surface area contributed by atoms with Crippen molar-refractivity contribution in [2.75, 3.05) is 5.33 Å². The zero-order valence-corrected chi connectivity index (χ0v) is 15.0. The number of β-lactam (4-membered cyclic amide) rings is 1. The molecule has 9 heteroatoms. The van der Waals surface area contributed by atoms with Crippen molar-refractivity contribution >= 4 is 51.4 Å². The fourth-order valence-corrected chi connectivity index (χ4v) is 5.32. The monoisotopic (exact) mass is 422 g/mol. The molecule has 0 unspecified atom stereocenters. The number of nitrogens with zero attached hydrogens (tertiary/aromatic N) is 2. The molecule has 4 rings (SSSR count). The molecule has 1 aromatic carbocycles. The molecule has 3 aliphatic heterocycles. The van der Waals surface area contributed by atoms with Gasteiger partial charge in [-0.25, -0.2) is 4.79 Å². The summed E-state index contributed by atoms with van der Waals surface area (Å²) in [5.41, 5.74) is 1.10. The number of imide groups is 1. The predicted octanol–water partition coefficient (Wildman–Crippen LogP) is 1.30. The number of thioether (sulfide) groups is 1. The number of aliphatic carboxylic acids is 1. The van der Waals surface area contributed by atoms with E-state index in [1.807, 2.05) is 0 Å². The summed E-state index contributed by atoms with van der Waals surface area (Å²) in [6.45, 7) is 0. The fourth-order valence-electron chi connectivity index (χ4n) is 3.37. The van der Waals surface area contributed by atoms with Crippen LogP contribution in [0.25, 0.3) is 0 Å². The van der Waals surface area contributed by atoms with Gasteiger partial charge in [0.25, 0.3) is 17.7 Å². The highest BCUT2D eigenvalue weighted by atomic mass is 79.9. The molecular formula is C16H11BrN2O5S. The topological polar surface area (TPSA) is 95.0 Å². The number of carbonyl (C=O) groups is 4. The Morgan fingerprint density at radius 1 is 1.16 bits per heavy atom. The summed E-state index contributed by atoms with van der Waals surface area (Å²) in [5.74, 6) is -2.68. The first-order chi connectivity index (χ1) is 12.0. The van der Waals surface area contributed by atoms with Crippen molar-refractivity contribution in [1.82, 2.24) is 9.80 Å². The third-order valence-electron chi connectivity index (χ3n) is 4.53. The van der Waals surface area contributed by atoms with Crippen LogP contribution in [-0.2, 0) is 9.59 Å². The van der Waals surface area contributed by atoms with Crippen LogP contribution < -0.4 is 0 Å². The third-order valence-corrected chi connectivity index (χ3v) is 6.38. The predicted molar refractivity (Wildman–Crippen MR) is 92.3 cm³/mol. The Morgan fingerprint density at radius 3 is 2.28 bits per heavy atom. The molecule has 7 nitrogen and oxygen atoms in total. The number of hydrogen-bond acceptors (Lipinski definition) is 5. The molecule has 0 bridgehead atoms. The van der Waals surface area contributed by atoms with Crippen molar-refractivity contribution in [3.63, 3.8) is 0 Å². The van der Waals surface area contributed by atoms with Gasteiger partial charge in [-0.3, -0.25) is 19.3 Å². The smallest absolute Gasteiger partial charge is 0.330 e. The maximum Gasteiger partial charge on any atom is 0.330 e. The van der Waals surface area contributed by atoms with Crippen LogP contribution in [-0.4, -0.2) is 61.4 Å². The second-order valence-corrected chi connectivity index (χ2v) is 7.36. The molecular weight excluding hydrogens is 412 g/mol. The number of amides is 3. The Balaban J connectivity index is 1.68. The number of hydrogen-bond donors (Lipinski definition) is 1. The highest BCUT2D eigenvalue weighted by molar-refractivity contribution is 9.09. The van der Waals surface area contributed by atoms with E-state index in [4.69, 9.17) is 0 Å². The molecule has 25 heavy (non-hydrogen) atoms. The van der Waals surface area contributed by atoms with Crippen LogP contribution in [0.5, 0.6) is 0 Å². The molecule has 3 atom stereocenters. The van der Waals surface area contributed by atoms with E-state index in [2.05, 4.69) is 15.9 Å². The van der Waals surface area contributed by atoms with Gasteiger partial charge in [0.1, 0.15) is 11.4 Å². The lowest BCUT2D eigenvalue weighted by Gasteiger charge is -2.53. The lowest BCUT2D eigenvalue weighted by Crippen LogP contribution is -2.74. The minimum absolute atomic E-state index is 0.269. The number of fused-ring (bicyclic) bond motifs is 2. The molecule has 0 radical (unpaired) electrons. The van der Waals surface area contributed by atoms with Gasteiger partial charge < -0.3 is 10.0 Å². The van der Waals surface area contributed by atoms with E-state index < -0.39 is 41.1 Å². The molecule has 3 heterocycles. The van der Waals surface area contributed by atoms with E-state index in [9.17, 15) is 24.3 Å². The van der Waals surface area contributed by atoms with E-state index in [0.29, 0.717) is 10.9 Å². The van der Waals surface area contributed by atoms with Crippen molar-refractivity contribution in [3.8, 4) is 0 Å². The standard InChI is InChI=1S/C16H11BrN2O5S/c17-5-7-6-25-15-11(14(22)19(15)10(7)16(23)24)18-12(20)8-3-1-2-4-9(8)13(18)21/h1-4,6,10-11,15H,5H2,(H,23,24)/t10-,11-,15-/m1/s1. The highest BCUT2D eigenvalue weighted by Crippen LogP contribution is 2.44. The molecule has 3 amide bonds. The van der Waals surface area contributed by atoms with Crippen LogP contribution in [0.4, 0.5) is 0 Å². The second-order valence-electron chi connectivity index (χ2n) is 5.81. The van der Waals surface area contributed by atoms with Gasteiger partial charge in [-0.2, -0.15) is 0 Å². The molecule has 0 spiro atoms. The van der Waals surface area contributed by atoms with Gasteiger partial charge in [0.05, 0.1) is 11.1 Å². The molecule has 1 aromatic rings. The van der Waals surface area contributed by atoms with Gasteiger partial charge in [-0.05, 0) is 23.1 Å². The summed E-state index contributed by atoms with van der Waals surface area (Å²) in [6, 6.07) is 4.35. The van der Waals surface area contributed by atoms with Crippen LogP contribution in [0.15, 0.2) is 35.2 Å². The molecule has 3 aliphatic rings. The molecule has 0 aliphatic carbocycles. The Bertz CT molecular complexity index is 835. The van der Waals surface area contributed by atoms with Crippen LogP contribution in [0.1, 0.15) is 20.7 Å². The number of benzene rings is 1. The number of carbonyl (C=O) groups excluding carboxylic acids is 3. The first-order valence-electron chi connectivity index (χ1n) is 7.39. The van der Waals surface area contributed by atoms with Crippen molar-refractivity contribution in [2.24, 2.45) is 0 Å². The fraction of sp³-hybridized carbons (Fsp3) is 0.250. The zero-order valence-electron chi connectivity index (χ0n) is 12.6. The largest absolute Gasteiger partial charge is 0.479 e. The third kappa shape index (κ3) is 2.12. The Kier molecular flexibility index (Phi) is 3.73. The van der Waals surface area contributed by atoms with Gasteiger partial charge in [0, 0.05) is 5.33 Å². The van der Waals surface area contributed by atoms with E-state index in [1.165, 1.54) is 16.7 Å². The van der Waals surface area contributed by atoms with E-state index in [-0.39, 0.29) is 11.1 Å². The zero-order chi connectivity index (χ0) is 17.9. The van der Waals surface area contributed by atoms with Crippen LogP contribution in [0.2, 0.25) is 0 Å². The Hall–Kier alpha value is -2.13. The number of carboxylic acids is 1. The van der Waals surface area contributed by atoms with Gasteiger partial charge in [-0.15, -0.1) is 11.8 Å². The van der Waals surface area contributed by atoms with Crippen LogP contribution in [0.3, 0.4) is 0 Å². The lowest BCUT2D eigenvalue weighted by atomic mass is 9.97. The lowest BCUT2D eigenvalue weighted by molar-refractivity contribution is -0.161. The van der Waals surface area contributed by atoms with E-state index in [1.54, 1.807) is 29.7 Å². The maximum absolute atomic E-state index is 12.7. The highest BCUT2D eigenvalue weighted by Gasteiger charge is 2.60. The van der Waals surface area contributed by atoms with Gasteiger partial charge >= 0.3 is 5.97 Å². The van der Waals surface area contributed by atoms with Gasteiger partial charge in [-0.1, -0.05) is 28.1 Å². The number of halogens is 1. The average Bonchev–Trinajstić information content (AvgIpc) is 2.86. The minimum Gasteiger partial charge on any atom is -0.479 e. The van der Waals surface area contributed by atoms with E-state index >= 15 is 0 Å². The number of rotatable bonds is 3. The second kappa shape index (κ2) is 5.70. The van der Waals surface area contributed by atoms with Crippen molar-refractivity contribution in [1.29, 1.82) is 0 Å². The summed E-state index contributed by atoms with van der Waals surface area (Å²) in [7, 11) is 0. The van der Waals surface area contributed by atoms with Crippen molar-refractivity contribution in [2.45, 2.75) is 17.5 Å². The summed E-state index contributed by atoms with van der Waals surface area (Å²) >= 11 is 4.48. The van der Waals surface area contributed by atoms with Crippen molar-refractivity contribution < 1.29 is 24.3 Å². The minimum atomic E-state index is -1.13. The SMILES string of the molecule is O=C(O)[C@H]1C(CBr)=CS[C@@H]2[C@H](N3C(=O)c4ccccc4C3=O)C(=O)N12. The Morgan fingerprint density at radius 2 is 1.76 bits per heavy atom. The molecule has 0 saturated carbocycles. The first-order valence-corrected chi connectivity index (χ1v) is 9.46. The van der Waals surface area contributed by atoms with E-state index in [0.717, 1.165) is 4.90 Å². The van der Waals surface area contributed by atoms with Gasteiger partial charge in [0.15, 0.2) is 6.04 Å². The summed E-state index contributed by atoms with van der Waals surface area (Å²) in [5, 5.41) is 10.9. The normalized spacial score (nSPS) is 27.6. The molecule has 1 N–H and O–H groups in total. The van der Waals surface area contributed by atoms with Crippen molar-refractivity contribution in [3.05, 3.63) is 46.4 Å². The summed E-state index contributed by atoms with van der Waals surface area (Å²) < 4.78 is 0. The van der Waals surface area contributed by atoms with Crippen LogP contribution >= 0.6 is 27.7 Å². The molecule has 128 valence electrons. The first kappa shape index (κ1) is 16.3. The summed E-state index contributed by atoms with van der Waals surface area (Å²) in [4.78, 5) is 51.6. The number of carboxylic acid groups (broad SMARTS) is 1. The Labute approximate surface area is 154 Å². The molecule has 0 aromatic heterocycles. The maximum atomic E-state index is 12.7. The van der Waals surface area contributed by atoms with Crippen LogP contribution in [0, 0.1) is 0 Å². The van der Waals surface area contributed by atoms with Gasteiger partial charge in [0.2, 0.25) is 0 Å². The summed E-state index contributed by atoms with van der Waals surface area (Å²) in [6.07, 6.45) is 0. The molecule has 1 saturated heterocycles. The molecule has 1 fully saturated rings.